The molecule has 1 aliphatic heterocycles. The lowest BCUT2D eigenvalue weighted by Gasteiger charge is -2.30. The maximum atomic E-state index is 13.3. The topological polar surface area (TPSA) is 72.3 Å². The average Bonchev–Trinajstić information content (AvgIpc) is 3.10. The predicted octanol–water partition coefficient (Wildman–Crippen LogP) is 3.47. The molecule has 0 radical (unpaired) electrons. The first-order valence-electron chi connectivity index (χ1n) is 10.7. The van der Waals surface area contributed by atoms with Gasteiger partial charge in [0.2, 0.25) is 0 Å². The summed E-state index contributed by atoms with van der Waals surface area (Å²) in [6, 6.07) is 15.6. The third-order valence-corrected chi connectivity index (χ3v) is 7.58. The number of aromatic nitrogens is 2. The Hall–Kier alpha value is -2.51. The summed E-state index contributed by atoms with van der Waals surface area (Å²) < 4.78 is 25.7. The molecule has 0 spiro atoms. The summed E-state index contributed by atoms with van der Waals surface area (Å²) in [6.07, 6.45) is 0.599. The van der Waals surface area contributed by atoms with Gasteiger partial charge in [-0.15, -0.1) is 0 Å². The van der Waals surface area contributed by atoms with Gasteiger partial charge in [0.25, 0.3) is 5.56 Å². The van der Waals surface area contributed by atoms with E-state index in [2.05, 4.69) is 18.7 Å². The van der Waals surface area contributed by atoms with E-state index in [-0.39, 0.29) is 29.8 Å². The van der Waals surface area contributed by atoms with Gasteiger partial charge in [-0.3, -0.25) is 9.69 Å². The number of aryl methyl sites for hydroxylation is 1. The van der Waals surface area contributed by atoms with Crippen LogP contribution in [0.5, 0.6) is 0 Å². The number of benzene rings is 2. The van der Waals surface area contributed by atoms with E-state index in [1.807, 2.05) is 55.5 Å². The predicted molar refractivity (Wildman–Crippen MR) is 125 cm³/mol. The van der Waals surface area contributed by atoms with Crippen LogP contribution in [-0.4, -0.2) is 47.2 Å². The summed E-state index contributed by atoms with van der Waals surface area (Å²) >= 11 is 0. The molecule has 0 aliphatic carbocycles. The minimum Gasteiger partial charge on any atom is -0.280 e. The van der Waals surface area contributed by atoms with Gasteiger partial charge in [-0.1, -0.05) is 61.9 Å². The second kappa shape index (κ2) is 8.55. The van der Waals surface area contributed by atoms with Crippen LogP contribution in [0.25, 0.3) is 22.0 Å². The van der Waals surface area contributed by atoms with Gasteiger partial charge in [0, 0.05) is 23.5 Å². The zero-order valence-electron chi connectivity index (χ0n) is 18.3. The summed E-state index contributed by atoms with van der Waals surface area (Å²) in [4.78, 5) is 15.4. The Morgan fingerprint density at radius 1 is 1.10 bits per heavy atom. The first-order chi connectivity index (χ1) is 14.7. The Morgan fingerprint density at radius 2 is 1.77 bits per heavy atom. The van der Waals surface area contributed by atoms with Crippen molar-refractivity contribution in [2.24, 2.45) is 5.92 Å². The van der Waals surface area contributed by atoms with E-state index in [9.17, 15) is 13.2 Å². The standard InChI is InChI=1S/C24H29N3O3S/c1-17(2)14-26(20-12-13-31(29,30)15-20)16-27-24(28)22-7-5-4-6-21(22)23(25-27)19-10-8-18(3)9-11-19/h4-11,17,20H,12-16H2,1-3H3. The second-order valence-electron chi connectivity index (χ2n) is 8.93. The van der Waals surface area contributed by atoms with Crippen molar-refractivity contribution < 1.29 is 8.42 Å². The van der Waals surface area contributed by atoms with E-state index in [0.29, 0.717) is 24.3 Å². The summed E-state index contributed by atoms with van der Waals surface area (Å²) in [5.74, 6) is 0.699. The van der Waals surface area contributed by atoms with E-state index < -0.39 is 9.84 Å². The minimum atomic E-state index is -3.02. The molecule has 0 saturated carbocycles. The molecule has 4 rings (SSSR count). The molecule has 0 amide bonds. The number of sulfone groups is 1. The number of rotatable bonds is 6. The smallest absolute Gasteiger partial charge is 0.275 e. The molecular formula is C24H29N3O3S. The summed E-state index contributed by atoms with van der Waals surface area (Å²) in [7, 11) is -3.02. The molecule has 0 bridgehead atoms. The van der Waals surface area contributed by atoms with Crippen LogP contribution in [0.3, 0.4) is 0 Å². The van der Waals surface area contributed by atoms with Crippen LogP contribution >= 0.6 is 0 Å². The fraction of sp³-hybridized carbons (Fsp3) is 0.417. The molecule has 1 aromatic heterocycles. The highest BCUT2D eigenvalue weighted by Crippen LogP contribution is 2.25. The van der Waals surface area contributed by atoms with Crippen molar-refractivity contribution in [2.75, 3.05) is 18.1 Å². The van der Waals surface area contributed by atoms with Gasteiger partial charge in [-0.25, -0.2) is 13.1 Å². The van der Waals surface area contributed by atoms with Crippen molar-refractivity contribution in [1.82, 2.24) is 14.7 Å². The Labute approximate surface area is 183 Å². The van der Waals surface area contributed by atoms with Crippen molar-refractivity contribution >= 4 is 20.6 Å². The Bertz CT molecular complexity index is 1250. The van der Waals surface area contributed by atoms with Gasteiger partial charge in [0.05, 0.1) is 29.3 Å². The van der Waals surface area contributed by atoms with E-state index in [1.54, 1.807) is 0 Å². The molecule has 6 nitrogen and oxygen atoms in total. The highest BCUT2D eigenvalue weighted by molar-refractivity contribution is 7.91. The second-order valence-corrected chi connectivity index (χ2v) is 11.2. The Morgan fingerprint density at radius 3 is 2.39 bits per heavy atom. The van der Waals surface area contributed by atoms with Gasteiger partial charge in [-0.2, -0.15) is 5.10 Å². The highest BCUT2D eigenvalue weighted by atomic mass is 32.2. The maximum absolute atomic E-state index is 13.3. The van der Waals surface area contributed by atoms with E-state index in [4.69, 9.17) is 5.10 Å². The Kier molecular flexibility index (Phi) is 5.99. The highest BCUT2D eigenvalue weighted by Gasteiger charge is 2.33. The Balaban J connectivity index is 1.80. The number of hydrogen-bond donors (Lipinski definition) is 0. The average molecular weight is 440 g/mol. The summed E-state index contributed by atoms with van der Waals surface area (Å²) in [6.45, 7) is 7.23. The van der Waals surface area contributed by atoms with Crippen LogP contribution in [-0.2, 0) is 16.5 Å². The minimum absolute atomic E-state index is 0.0876. The molecule has 164 valence electrons. The van der Waals surface area contributed by atoms with E-state index in [0.717, 1.165) is 22.2 Å². The molecule has 0 N–H and O–H groups in total. The van der Waals surface area contributed by atoms with Crippen LogP contribution in [0, 0.1) is 12.8 Å². The van der Waals surface area contributed by atoms with Gasteiger partial charge in [0.15, 0.2) is 9.84 Å². The lowest BCUT2D eigenvalue weighted by Crippen LogP contribution is -2.43. The van der Waals surface area contributed by atoms with Crippen molar-refractivity contribution in [1.29, 1.82) is 0 Å². The van der Waals surface area contributed by atoms with Crippen LogP contribution in [0.2, 0.25) is 0 Å². The lowest BCUT2D eigenvalue weighted by molar-refractivity contribution is 0.136. The number of nitrogens with zero attached hydrogens (tertiary/aromatic N) is 3. The molecule has 1 saturated heterocycles. The van der Waals surface area contributed by atoms with Crippen molar-refractivity contribution in [2.45, 2.75) is 39.9 Å². The fourth-order valence-electron chi connectivity index (χ4n) is 4.28. The van der Waals surface area contributed by atoms with E-state index >= 15 is 0 Å². The molecular weight excluding hydrogens is 410 g/mol. The molecule has 1 aliphatic rings. The quantitative estimate of drug-likeness (QED) is 0.588. The zero-order valence-corrected chi connectivity index (χ0v) is 19.1. The van der Waals surface area contributed by atoms with E-state index in [1.165, 1.54) is 4.68 Å². The van der Waals surface area contributed by atoms with Crippen LogP contribution in [0.1, 0.15) is 25.8 Å². The molecule has 2 heterocycles. The fourth-order valence-corrected chi connectivity index (χ4v) is 6.04. The number of fused-ring (bicyclic) bond motifs is 1. The maximum Gasteiger partial charge on any atom is 0.275 e. The first kappa shape index (κ1) is 21.7. The van der Waals surface area contributed by atoms with Gasteiger partial charge in [-0.05, 0) is 25.3 Å². The van der Waals surface area contributed by atoms with Gasteiger partial charge >= 0.3 is 0 Å². The monoisotopic (exact) mass is 439 g/mol. The van der Waals surface area contributed by atoms with Crippen LogP contribution < -0.4 is 5.56 Å². The first-order valence-corrected chi connectivity index (χ1v) is 12.6. The summed E-state index contributed by atoms with van der Waals surface area (Å²) in [5, 5.41) is 6.22. The third-order valence-electron chi connectivity index (χ3n) is 5.83. The molecule has 31 heavy (non-hydrogen) atoms. The van der Waals surface area contributed by atoms with Crippen molar-refractivity contribution in [3.8, 4) is 11.3 Å². The van der Waals surface area contributed by atoms with Crippen LogP contribution in [0.4, 0.5) is 0 Å². The molecule has 7 heteroatoms. The third kappa shape index (κ3) is 4.72. The van der Waals surface area contributed by atoms with Crippen molar-refractivity contribution in [3.63, 3.8) is 0 Å². The lowest BCUT2D eigenvalue weighted by atomic mass is 10.0. The van der Waals surface area contributed by atoms with Crippen molar-refractivity contribution in [3.05, 3.63) is 64.4 Å². The normalized spacial score (nSPS) is 18.3. The molecule has 3 aromatic rings. The number of hydrogen-bond acceptors (Lipinski definition) is 5. The van der Waals surface area contributed by atoms with Gasteiger partial charge in [0.1, 0.15) is 0 Å². The SMILES string of the molecule is Cc1ccc(-c2nn(CN(CC(C)C)C3CCS(=O)(=O)C3)c(=O)c3ccccc23)cc1. The zero-order chi connectivity index (χ0) is 22.2. The summed E-state index contributed by atoms with van der Waals surface area (Å²) in [5.41, 5.74) is 2.72. The molecule has 1 atom stereocenters. The molecule has 2 aromatic carbocycles. The van der Waals surface area contributed by atoms with Crippen LogP contribution in [0.15, 0.2) is 53.3 Å². The largest absolute Gasteiger partial charge is 0.280 e. The molecule has 1 unspecified atom stereocenters. The van der Waals surface area contributed by atoms with Gasteiger partial charge < -0.3 is 0 Å². The molecule has 1 fully saturated rings.